The predicted molar refractivity (Wildman–Crippen MR) is 106 cm³/mol. The lowest BCUT2D eigenvalue weighted by Gasteiger charge is -2.23. The fourth-order valence-corrected chi connectivity index (χ4v) is 3.32. The van der Waals surface area contributed by atoms with Gasteiger partial charge in [-0.3, -0.25) is 0 Å². The summed E-state index contributed by atoms with van der Waals surface area (Å²) < 4.78 is 16.6. The van der Waals surface area contributed by atoms with E-state index in [0.717, 1.165) is 36.3 Å². The van der Waals surface area contributed by atoms with Gasteiger partial charge in [-0.1, -0.05) is 12.5 Å². The SMILES string of the molecule is COc1ccc(CCNc2ncnc(OC3CCCCC3)c2N)cc1OC. The van der Waals surface area contributed by atoms with Crippen molar-refractivity contribution < 1.29 is 14.2 Å². The van der Waals surface area contributed by atoms with Crippen molar-refractivity contribution in [1.29, 1.82) is 0 Å². The first-order chi connectivity index (χ1) is 13.2. The average molecular weight is 372 g/mol. The van der Waals surface area contributed by atoms with Crippen LogP contribution in [-0.2, 0) is 6.42 Å². The van der Waals surface area contributed by atoms with E-state index in [2.05, 4.69) is 15.3 Å². The van der Waals surface area contributed by atoms with Gasteiger partial charge in [-0.15, -0.1) is 0 Å². The van der Waals surface area contributed by atoms with Crippen molar-refractivity contribution in [2.24, 2.45) is 0 Å². The van der Waals surface area contributed by atoms with Crippen molar-refractivity contribution in [3.05, 3.63) is 30.1 Å². The minimum Gasteiger partial charge on any atom is -0.493 e. The van der Waals surface area contributed by atoms with Crippen molar-refractivity contribution in [1.82, 2.24) is 9.97 Å². The van der Waals surface area contributed by atoms with E-state index in [4.69, 9.17) is 19.9 Å². The quantitative estimate of drug-likeness (QED) is 0.733. The Hall–Kier alpha value is -2.70. The number of methoxy groups -OCH3 is 2. The van der Waals surface area contributed by atoms with E-state index in [0.29, 0.717) is 23.9 Å². The molecule has 0 unspecified atom stereocenters. The van der Waals surface area contributed by atoms with Crippen LogP contribution in [0.5, 0.6) is 17.4 Å². The maximum absolute atomic E-state index is 6.21. The van der Waals surface area contributed by atoms with Gasteiger partial charge < -0.3 is 25.3 Å². The number of hydrogen-bond donors (Lipinski definition) is 2. The fraction of sp³-hybridized carbons (Fsp3) is 0.500. The summed E-state index contributed by atoms with van der Waals surface area (Å²) in [6.07, 6.45) is 8.29. The Morgan fingerprint density at radius 1 is 1.07 bits per heavy atom. The Morgan fingerprint density at radius 3 is 2.59 bits per heavy atom. The number of nitrogens with zero attached hydrogens (tertiary/aromatic N) is 2. The van der Waals surface area contributed by atoms with Crippen molar-refractivity contribution in [3.63, 3.8) is 0 Å². The first-order valence-electron chi connectivity index (χ1n) is 9.43. The number of nitrogens with two attached hydrogens (primary N) is 1. The number of benzene rings is 1. The molecular weight excluding hydrogens is 344 g/mol. The second-order valence-electron chi connectivity index (χ2n) is 6.69. The molecule has 0 atom stereocenters. The Bertz CT molecular complexity index is 748. The molecule has 2 aromatic rings. The summed E-state index contributed by atoms with van der Waals surface area (Å²) in [5, 5.41) is 3.28. The topological polar surface area (TPSA) is 91.5 Å². The van der Waals surface area contributed by atoms with E-state index >= 15 is 0 Å². The van der Waals surface area contributed by atoms with E-state index in [1.807, 2.05) is 18.2 Å². The molecule has 0 amide bonds. The number of nitrogen functional groups attached to an aromatic ring is 1. The molecule has 1 heterocycles. The summed E-state index contributed by atoms with van der Waals surface area (Å²) in [6.45, 7) is 0.680. The summed E-state index contributed by atoms with van der Waals surface area (Å²) in [6, 6.07) is 5.90. The zero-order valence-corrected chi connectivity index (χ0v) is 16.0. The van der Waals surface area contributed by atoms with E-state index in [-0.39, 0.29) is 6.10 Å². The standard InChI is InChI=1S/C20H28N4O3/c1-25-16-9-8-14(12-17(16)26-2)10-11-22-19-18(21)20(24-13-23-19)27-15-6-4-3-5-7-15/h8-9,12-13,15H,3-7,10-11,21H2,1-2H3,(H,22,23,24). The molecule has 27 heavy (non-hydrogen) atoms. The molecule has 7 nitrogen and oxygen atoms in total. The zero-order chi connectivity index (χ0) is 19.1. The smallest absolute Gasteiger partial charge is 0.242 e. The van der Waals surface area contributed by atoms with Crippen LogP contribution in [0.2, 0.25) is 0 Å². The third-order valence-corrected chi connectivity index (χ3v) is 4.83. The highest BCUT2D eigenvalue weighted by Gasteiger charge is 2.18. The number of rotatable bonds is 8. The Balaban J connectivity index is 1.58. The number of anilines is 2. The molecule has 1 aliphatic rings. The summed E-state index contributed by atoms with van der Waals surface area (Å²) in [7, 11) is 3.26. The van der Waals surface area contributed by atoms with Crippen LogP contribution in [0, 0.1) is 0 Å². The van der Waals surface area contributed by atoms with Crippen LogP contribution in [0.15, 0.2) is 24.5 Å². The molecule has 0 bridgehead atoms. The highest BCUT2D eigenvalue weighted by molar-refractivity contribution is 5.66. The summed E-state index contributed by atoms with van der Waals surface area (Å²) in [5.74, 6) is 2.53. The zero-order valence-electron chi connectivity index (χ0n) is 16.0. The molecule has 0 spiro atoms. The van der Waals surface area contributed by atoms with Crippen LogP contribution in [-0.4, -0.2) is 36.8 Å². The number of nitrogens with one attached hydrogen (secondary N) is 1. The molecule has 1 fully saturated rings. The number of hydrogen-bond acceptors (Lipinski definition) is 7. The maximum atomic E-state index is 6.21. The average Bonchev–Trinajstić information content (AvgIpc) is 2.71. The van der Waals surface area contributed by atoms with Crippen LogP contribution >= 0.6 is 0 Å². The van der Waals surface area contributed by atoms with Gasteiger partial charge in [0.1, 0.15) is 18.1 Å². The largest absolute Gasteiger partial charge is 0.493 e. The highest BCUT2D eigenvalue weighted by atomic mass is 16.5. The second-order valence-corrected chi connectivity index (χ2v) is 6.69. The van der Waals surface area contributed by atoms with Gasteiger partial charge in [0.25, 0.3) is 0 Å². The van der Waals surface area contributed by atoms with Gasteiger partial charge in [-0.2, -0.15) is 4.98 Å². The second kappa shape index (κ2) is 9.30. The molecule has 1 saturated carbocycles. The maximum Gasteiger partial charge on any atom is 0.242 e. The van der Waals surface area contributed by atoms with E-state index in [1.54, 1.807) is 14.2 Å². The van der Waals surface area contributed by atoms with Crippen LogP contribution in [0.3, 0.4) is 0 Å². The molecule has 0 radical (unpaired) electrons. The minimum absolute atomic E-state index is 0.204. The number of aromatic nitrogens is 2. The van der Waals surface area contributed by atoms with E-state index in [1.165, 1.54) is 25.6 Å². The van der Waals surface area contributed by atoms with Gasteiger partial charge in [0.15, 0.2) is 17.3 Å². The number of ether oxygens (including phenoxy) is 3. The normalized spacial score (nSPS) is 14.6. The van der Waals surface area contributed by atoms with Gasteiger partial charge in [0, 0.05) is 6.54 Å². The lowest BCUT2D eigenvalue weighted by atomic mass is 9.98. The van der Waals surface area contributed by atoms with Crippen molar-refractivity contribution in [3.8, 4) is 17.4 Å². The van der Waals surface area contributed by atoms with Gasteiger partial charge in [-0.25, -0.2) is 4.98 Å². The molecule has 1 aromatic carbocycles. The first kappa shape index (κ1) is 19.1. The van der Waals surface area contributed by atoms with Crippen molar-refractivity contribution >= 4 is 11.5 Å². The van der Waals surface area contributed by atoms with E-state index < -0.39 is 0 Å². The molecule has 146 valence electrons. The summed E-state index contributed by atoms with van der Waals surface area (Å²) in [5.41, 5.74) is 7.81. The molecule has 3 N–H and O–H groups in total. The Kier molecular flexibility index (Phi) is 6.57. The first-order valence-corrected chi connectivity index (χ1v) is 9.43. The van der Waals surface area contributed by atoms with Crippen molar-refractivity contribution in [2.75, 3.05) is 31.8 Å². The van der Waals surface area contributed by atoms with Crippen LogP contribution in [0.4, 0.5) is 11.5 Å². The third kappa shape index (κ3) is 4.93. The molecule has 1 aromatic heterocycles. The summed E-state index contributed by atoms with van der Waals surface area (Å²) >= 11 is 0. The third-order valence-electron chi connectivity index (χ3n) is 4.83. The molecule has 0 aliphatic heterocycles. The monoisotopic (exact) mass is 372 g/mol. The van der Waals surface area contributed by atoms with Crippen LogP contribution < -0.4 is 25.3 Å². The minimum atomic E-state index is 0.204. The Labute approximate surface area is 160 Å². The van der Waals surface area contributed by atoms with Crippen molar-refractivity contribution in [2.45, 2.75) is 44.6 Å². The van der Waals surface area contributed by atoms with E-state index in [9.17, 15) is 0 Å². The summed E-state index contributed by atoms with van der Waals surface area (Å²) in [4.78, 5) is 8.46. The van der Waals surface area contributed by atoms with Gasteiger partial charge >= 0.3 is 0 Å². The molecular formula is C20H28N4O3. The molecule has 3 rings (SSSR count). The lowest BCUT2D eigenvalue weighted by Crippen LogP contribution is -2.21. The van der Waals surface area contributed by atoms with Crippen LogP contribution in [0.25, 0.3) is 0 Å². The van der Waals surface area contributed by atoms with Gasteiger partial charge in [0.2, 0.25) is 5.88 Å². The lowest BCUT2D eigenvalue weighted by molar-refractivity contribution is 0.149. The Morgan fingerprint density at radius 2 is 1.85 bits per heavy atom. The fourth-order valence-electron chi connectivity index (χ4n) is 3.32. The molecule has 7 heteroatoms. The van der Waals surface area contributed by atoms with Gasteiger partial charge in [0.05, 0.1) is 14.2 Å². The highest BCUT2D eigenvalue weighted by Crippen LogP contribution is 2.30. The molecule has 1 aliphatic carbocycles. The van der Waals surface area contributed by atoms with Crippen LogP contribution in [0.1, 0.15) is 37.7 Å². The van der Waals surface area contributed by atoms with Gasteiger partial charge in [-0.05, 0) is 49.8 Å². The molecule has 0 saturated heterocycles. The predicted octanol–water partition coefficient (Wildman–Crippen LogP) is 3.44.